The molecule has 0 saturated carbocycles. The van der Waals surface area contributed by atoms with Crippen molar-refractivity contribution in [2.75, 3.05) is 0 Å². The van der Waals surface area contributed by atoms with Crippen LogP contribution in [0.4, 0.5) is 0 Å². The van der Waals surface area contributed by atoms with Crippen molar-refractivity contribution in [2.45, 2.75) is 38.4 Å². The second-order valence-corrected chi connectivity index (χ2v) is 2.58. The Morgan fingerprint density at radius 3 is 2.14 bits per heavy atom. The topological polar surface area (TPSA) is 0 Å². The van der Waals surface area contributed by atoms with Crippen molar-refractivity contribution >= 4 is 12.6 Å². The molecule has 0 fully saturated rings. The Labute approximate surface area is 51.7 Å². The van der Waals surface area contributed by atoms with Crippen molar-refractivity contribution < 1.29 is 0 Å². The van der Waals surface area contributed by atoms with Crippen LogP contribution < -0.4 is 0 Å². The van der Waals surface area contributed by atoms with E-state index in [0.717, 1.165) is 0 Å². The first-order valence-electron chi connectivity index (χ1n) is 2.99. The summed E-state index contributed by atoms with van der Waals surface area (Å²) in [5.74, 6) is 0. The highest BCUT2D eigenvalue weighted by Crippen LogP contribution is 2.06. The fourth-order valence-electron chi connectivity index (χ4n) is 0.537. The van der Waals surface area contributed by atoms with Gasteiger partial charge in [-0.05, 0) is 12.8 Å². The molecule has 0 rings (SSSR count). The third-order valence-electron chi connectivity index (χ3n) is 1.09. The second-order valence-electron chi connectivity index (χ2n) is 1.85. The van der Waals surface area contributed by atoms with E-state index in [1.807, 2.05) is 0 Å². The van der Waals surface area contributed by atoms with E-state index in [-0.39, 0.29) is 0 Å². The van der Waals surface area contributed by atoms with E-state index in [4.69, 9.17) is 0 Å². The normalized spacial score (nSPS) is 14.1. The van der Waals surface area contributed by atoms with E-state index >= 15 is 0 Å². The quantitative estimate of drug-likeness (QED) is 0.541. The zero-order valence-electron chi connectivity index (χ0n) is 5.15. The number of hydrogen-bond donors (Lipinski definition) is 1. The first-order chi connectivity index (χ1) is 3.31. The van der Waals surface area contributed by atoms with Gasteiger partial charge in [0.1, 0.15) is 0 Å². The third-order valence-corrected chi connectivity index (χ3v) is 1.72. The van der Waals surface area contributed by atoms with Gasteiger partial charge in [-0.25, -0.2) is 0 Å². The van der Waals surface area contributed by atoms with Crippen LogP contribution in [0.1, 0.15) is 33.1 Å². The fourth-order valence-corrected chi connectivity index (χ4v) is 0.796. The van der Waals surface area contributed by atoms with E-state index in [0.29, 0.717) is 5.25 Å². The summed E-state index contributed by atoms with van der Waals surface area (Å²) in [6.07, 6.45) is 3.73. The minimum atomic E-state index is 0.644. The fraction of sp³-hybridized carbons (Fsp3) is 1.00. The molecule has 0 unspecified atom stereocenters. The molecule has 0 heterocycles. The maximum Gasteiger partial charge on any atom is 0.00140 e. The summed E-state index contributed by atoms with van der Waals surface area (Å²) in [6, 6.07) is 0. The van der Waals surface area contributed by atoms with Crippen LogP contribution in [0.3, 0.4) is 0 Å². The van der Waals surface area contributed by atoms with Gasteiger partial charge in [0.2, 0.25) is 0 Å². The summed E-state index contributed by atoms with van der Waals surface area (Å²) in [4.78, 5) is 0. The lowest BCUT2D eigenvalue weighted by atomic mass is 10.2. The third kappa shape index (κ3) is 4.20. The van der Waals surface area contributed by atoms with Crippen LogP contribution in [0.15, 0.2) is 0 Å². The number of thiol groups is 1. The van der Waals surface area contributed by atoms with Gasteiger partial charge in [-0.1, -0.05) is 20.3 Å². The smallest absolute Gasteiger partial charge is 0.00140 e. The van der Waals surface area contributed by atoms with Crippen LogP contribution in [0.5, 0.6) is 0 Å². The Hall–Kier alpha value is 0.350. The number of hydrogen-bond acceptors (Lipinski definition) is 1. The van der Waals surface area contributed by atoms with Crippen LogP contribution >= 0.6 is 12.6 Å². The van der Waals surface area contributed by atoms with Gasteiger partial charge in [-0.3, -0.25) is 0 Å². The molecule has 0 aliphatic heterocycles. The predicted octanol–water partition coefficient (Wildman–Crippen LogP) is 2.49. The average molecular weight is 118 g/mol. The summed E-state index contributed by atoms with van der Waals surface area (Å²) in [5.41, 5.74) is 0. The van der Waals surface area contributed by atoms with E-state index < -0.39 is 0 Å². The van der Waals surface area contributed by atoms with Crippen LogP contribution in [0, 0.1) is 0 Å². The lowest BCUT2D eigenvalue weighted by Gasteiger charge is -2.01. The maximum absolute atomic E-state index is 4.31. The molecule has 0 bridgehead atoms. The summed E-state index contributed by atoms with van der Waals surface area (Å²) in [5, 5.41) is 0.644. The predicted molar refractivity (Wildman–Crippen MR) is 38.0 cm³/mol. The van der Waals surface area contributed by atoms with Crippen molar-refractivity contribution in [3.05, 3.63) is 0 Å². The van der Waals surface area contributed by atoms with Gasteiger partial charge in [-0.15, -0.1) is 0 Å². The van der Waals surface area contributed by atoms with Crippen LogP contribution in [0.2, 0.25) is 0 Å². The summed E-state index contributed by atoms with van der Waals surface area (Å²) in [7, 11) is 0. The van der Waals surface area contributed by atoms with Gasteiger partial charge in [0, 0.05) is 5.25 Å². The van der Waals surface area contributed by atoms with Crippen molar-refractivity contribution in [3.8, 4) is 0 Å². The molecule has 0 saturated heterocycles. The standard InChI is InChI=1S/C6H14S/c1-3-5-6(7)4-2/h6-7H,3-5H2,1-2H3/t6-/m0/s1. The average Bonchev–Trinajstić information content (AvgIpc) is 1.68. The summed E-state index contributed by atoms with van der Waals surface area (Å²) >= 11 is 4.31. The first-order valence-corrected chi connectivity index (χ1v) is 3.51. The van der Waals surface area contributed by atoms with E-state index in [2.05, 4.69) is 26.5 Å². The van der Waals surface area contributed by atoms with Gasteiger partial charge in [-0.2, -0.15) is 12.6 Å². The molecule has 0 aromatic carbocycles. The van der Waals surface area contributed by atoms with Crippen molar-refractivity contribution in [2.24, 2.45) is 0 Å². The molecule has 0 aromatic heterocycles. The molecule has 0 N–H and O–H groups in total. The van der Waals surface area contributed by atoms with Crippen molar-refractivity contribution in [3.63, 3.8) is 0 Å². The molecule has 44 valence electrons. The molecule has 0 aliphatic rings. The Morgan fingerprint density at radius 1 is 1.43 bits per heavy atom. The largest absolute Gasteiger partial charge is 0.176 e. The summed E-state index contributed by atoms with van der Waals surface area (Å²) < 4.78 is 0. The zero-order valence-corrected chi connectivity index (χ0v) is 6.04. The Kier molecular flexibility index (Phi) is 4.73. The lowest BCUT2D eigenvalue weighted by Crippen LogP contribution is -1.92. The first kappa shape index (κ1) is 7.35. The van der Waals surface area contributed by atoms with Crippen molar-refractivity contribution in [1.29, 1.82) is 0 Å². The molecule has 1 heteroatoms. The molecule has 0 spiro atoms. The highest BCUT2D eigenvalue weighted by molar-refractivity contribution is 7.80. The van der Waals surface area contributed by atoms with Gasteiger partial charge < -0.3 is 0 Å². The van der Waals surface area contributed by atoms with Gasteiger partial charge in [0.05, 0.1) is 0 Å². The number of rotatable bonds is 3. The maximum atomic E-state index is 4.31. The molecule has 0 aliphatic carbocycles. The molecule has 0 nitrogen and oxygen atoms in total. The van der Waals surface area contributed by atoms with Crippen LogP contribution in [-0.4, -0.2) is 5.25 Å². The molecule has 7 heavy (non-hydrogen) atoms. The molecule has 0 amide bonds. The van der Waals surface area contributed by atoms with Crippen LogP contribution in [0.25, 0.3) is 0 Å². The minimum Gasteiger partial charge on any atom is -0.176 e. The highest BCUT2D eigenvalue weighted by Gasteiger charge is 1.93. The van der Waals surface area contributed by atoms with Gasteiger partial charge in [0.15, 0.2) is 0 Å². The van der Waals surface area contributed by atoms with E-state index in [9.17, 15) is 0 Å². The van der Waals surface area contributed by atoms with Gasteiger partial charge >= 0.3 is 0 Å². The molecule has 1 atom stereocenters. The van der Waals surface area contributed by atoms with E-state index in [1.54, 1.807) is 0 Å². The Morgan fingerprint density at radius 2 is 2.00 bits per heavy atom. The Balaban J connectivity index is 2.83. The second kappa shape index (κ2) is 4.51. The molecular weight excluding hydrogens is 104 g/mol. The lowest BCUT2D eigenvalue weighted by molar-refractivity contribution is 0.724. The molecule has 0 radical (unpaired) electrons. The Bertz CT molecular complexity index is 35.2. The van der Waals surface area contributed by atoms with Gasteiger partial charge in [0.25, 0.3) is 0 Å². The minimum absolute atomic E-state index is 0.644. The zero-order chi connectivity index (χ0) is 5.70. The van der Waals surface area contributed by atoms with Crippen molar-refractivity contribution in [1.82, 2.24) is 0 Å². The SMILES string of the molecule is CCC[C@@H](S)CC. The van der Waals surface area contributed by atoms with Crippen LogP contribution in [-0.2, 0) is 0 Å². The monoisotopic (exact) mass is 118 g/mol. The molecular formula is C6H14S. The molecule has 0 aromatic rings. The summed E-state index contributed by atoms with van der Waals surface area (Å²) in [6.45, 7) is 4.37. The highest BCUT2D eigenvalue weighted by atomic mass is 32.1. The van der Waals surface area contributed by atoms with E-state index in [1.165, 1.54) is 19.3 Å².